The molecule has 0 fully saturated rings. The summed E-state index contributed by atoms with van der Waals surface area (Å²) in [5.41, 5.74) is 0.627. The number of hydrogen-bond donors (Lipinski definition) is 0. The Morgan fingerprint density at radius 3 is 2.61 bits per heavy atom. The second-order valence-electron chi connectivity index (χ2n) is 4.50. The van der Waals surface area contributed by atoms with Gasteiger partial charge in [-0.15, -0.1) is 0 Å². The Morgan fingerprint density at radius 1 is 1.06 bits per heavy atom. The average molecular weight is 239 g/mol. The van der Waals surface area contributed by atoms with Gasteiger partial charge in [0.2, 0.25) is 0 Å². The highest BCUT2D eigenvalue weighted by molar-refractivity contribution is 6.05. The fraction of sp³-hybridized carbons (Fsp3) is 0.133. The summed E-state index contributed by atoms with van der Waals surface area (Å²) in [7, 11) is 3.70. The van der Waals surface area contributed by atoms with Gasteiger partial charge < -0.3 is 9.32 Å². The maximum absolute atomic E-state index is 12.2. The molecular weight excluding hydrogens is 226 g/mol. The summed E-state index contributed by atoms with van der Waals surface area (Å²) < 4.78 is 5.74. The normalized spacial score (nSPS) is 11.0. The van der Waals surface area contributed by atoms with Crippen LogP contribution in [0.25, 0.3) is 21.7 Å². The first-order valence-electron chi connectivity index (χ1n) is 5.80. The van der Waals surface area contributed by atoms with E-state index in [1.54, 1.807) is 4.90 Å². The SMILES string of the molecule is CN(C)c1cc(=O)c2c(ccc3ccccc32)o1. The van der Waals surface area contributed by atoms with Crippen molar-refractivity contribution in [1.29, 1.82) is 0 Å². The zero-order chi connectivity index (χ0) is 12.7. The van der Waals surface area contributed by atoms with Crippen LogP contribution < -0.4 is 10.3 Å². The van der Waals surface area contributed by atoms with Gasteiger partial charge in [0.05, 0.1) is 5.39 Å². The topological polar surface area (TPSA) is 33.5 Å². The predicted molar refractivity (Wildman–Crippen MR) is 74.3 cm³/mol. The Balaban J connectivity index is 2.49. The van der Waals surface area contributed by atoms with Gasteiger partial charge in [-0.05, 0) is 16.8 Å². The first-order valence-corrected chi connectivity index (χ1v) is 5.80. The molecule has 0 spiro atoms. The van der Waals surface area contributed by atoms with Crippen LogP contribution in [0.5, 0.6) is 0 Å². The van der Waals surface area contributed by atoms with Gasteiger partial charge in [-0.1, -0.05) is 30.3 Å². The minimum absolute atomic E-state index is 0.00301. The van der Waals surface area contributed by atoms with Crippen molar-refractivity contribution in [3.63, 3.8) is 0 Å². The fourth-order valence-electron chi connectivity index (χ4n) is 2.14. The molecule has 0 bridgehead atoms. The zero-order valence-corrected chi connectivity index (χ0v) is 10.3. The van der Waals surface area contributed by atoms with Crippen LogP contribution in [0.4, 0.5) is 5.88 Å². The molecule has 3 rings (SSSR count). The third-order valence-electron chi connectivity index (χ3n) is 3.05. The number of nitrogens with zero attached hydrogens (tertiary/aromatic N) is 1. The minimum Gasteiger partial charge on any atom is -0.440 e. The Kier molecular flexibility index (Phi) is 2.33. The van der Waals surface area contributed by atoms with E-state index in [0.29, 0.717) is 16.9 Å². The van der Waals surface area contributed by atoms with E-state index in [0.717, 1.165) is 10.8 Å². The van der Waals surface area contributed by atoms with E-state index < -0.39 is 0 Å². The van der Waals surface area contributed by atoms with Crippen LogP contribution >= 0.6 is 0 Å². The summed E-state index contributed by atoms with van der Waals surface area (Å²) in [4.78, 5) is 14.0. The molecule has 0 amide bonds. The van der Waals surface area contributed by atoms with Crippen molar-refractivity contribution in [3.8, 4) is 0 Å². The standard InChI is InChI=1S/C15H13NO2/c1-16(2)14-9-12(17)15-11-6-4-3-5-10(11)7-8-13(15)18-14/h3-9H,1-2H3. The van der Waals surface area contributed by atoms with Crippen molar-refractivity contribution in [2.75, 3.05) is 19.0 Å². The predicted octanol–water partition coefficient (Wildman–Crippen LogP) is 3.01. The number of benzene rings is 2. The molecule has 0 saturated heterocycles. The lowest BCUT2D eigenvalue weighted by molar-refractivity contribution is 0.598. The molecular formula is C15H13NO2. The molecule has 0 saturated carbocycles. The lowest BCUT2D eigenvalue weighted by Crippen LogP contribution is -2.12. The summed E-state index contributed by atoms with van der Waals surface area (Å²) in [6, 6.07) is 13.2. The van der Waals surface area contributed by atoms with Crippen molar-refractivity contribution in [2.24, 2.45) is 0 Å². The number of hydrogen-bond acceptors (Lipinski definition) is 3. The summed E-state index contributed by atoms with van der Waals surface area (Å²) in [5, 5.41) is 2.64. The largest absolute Gasteiger partial charge is 0.440 e. The van der Waals surface area contributed by atoms with E-state index in [1.807, 2.05) is 50.5 Å². The molecule has 0 atom stereocenters. The van der Waals surface area contributed by atoms with Gasteiger partial charge in [0.25, 0.3) is 0 Å². The lowest BCUT2D eigenvalue weighted by atomic mass is 10.1. The highest BCUT2D eigenvalue weighted by Gasteiger charge is 2.09. The number of fused-ring (bicyclic) bond motifs is 3. The Morgan fingerprint density at radius 2 is 1.83 bits per heavy atom. The van der Waals surface area contributed by atoms with E-state index in [4.69, 9.17) is 4.42 Å². The molecule has 0 aliphatic rings. The van der Waals surface area contributed by atoms with Gasteiger partial charge in [0, 0.05) is 20.2 Å². The molecule has 1 heterocycles. The van der Waals surface area contributed by atoms with Crippen molar-refractivity contribution >= 4 is 27.6 Å². The van der Waals surface area contributed by atoms with Crippen molar-refractivity contribution in [1.82, 2.24) is 0 Å². The van der Waals surface area contributed by atoms with Crippen LogP contribution in [-0.2, 0) is 0 Å². The van der Waals surface area contributed by atoms with Crippen molar-refractivity contribution < 1.29 is 4.42 Å². The maximum atomic E-state index is 12.2. The first-order chi connectivity index (χ1) is 8.66. The smallest absolute Gasteiger partial charge is 0.199 e. The minimum atomic E-state index is -0.00301. The van der Waals surface area contributed by atoms with E-state index in [9.17, 15) is 4.79 Å². The van der Waals surface area contributed by atoms with E-state index in [1.165, 1.54) is 6.07 Å². The summed E-state index contributed by atoms with van der Waals surface area (Å²) in [6.45, 7) is 0. The van der Waals surface area contributed by atoms with E-state index >= 15 is 0 Å². The van der Waals surface area contributed by atoms with Crippen LogP contribution in [0.15, 0.2) is 51.7 Å². The van der Waals surface area contributed by atoms with Gasteiger partial charge in [0.1, 0.15) is 5.58 Å². The van der Waals surface area contributed by atoms with Crippen molar-refractivity contribution in [3.05, 3.63) is 52.7 Å². The molecule has 2 aromatic carbocycles. The molecule has 90 valence electrons. The fourth-order valence-corrected chi connectivity index (χ4v) is 2.14. The van der Waals surface area contributed by atoms with Gasteiger partial charge in [-0.25, -0.2) is 0 Å². The van der Waals surface area contributed by atoms with E-state index in [2.05, 4.69) is 0 Å². The second-order valence-corrected chi connectivity index (χ2v) is 4.50. The summed E-state index contributed by atoms with van der Waals surface area (Å²) >= 11 is 0. The molecule has 3 heteroatoms. The van der Waals surface area contributed by atoms with Gasteiger partial charge in [0.15, 0.2) is 11.3 Å². The Hall–Kier alpha value is -2.29. The maximum Gasteiger partial charge on any atom is 0.199 e. The monoisotopic (exact) mass is 239 g/mol. The van der Waals surface area contributed by atoms with Crippen LogP contribution in [0, 0.1) is 0 Å². The molecule has 18 heavy (non-hydrogen) atoms. The lowest BCUT2D eigenvalue weighted by Gasteiger charge is -2.11. The quantitative estimate of drug-likeness (QED) is 0.612. The highest BCUT2D eigenvalue weighted by Crippen LogP contribution is 2.25. The van der Waals surface area contributed by atoms with Crippen LogP contribution in [0.2, 0.25) is 0 Å². The third-order valence-corrected chi connectivity index (χ3v) is 3.05. The third kappa shape index (κ3) is 1.56. The second kappa shape index (κ2) is 3.88. The van der Waals surface area contributed by atoms with Gasteiger partial charge >= 0.3 is 0 Å². The molecule has 0 aliphatic heterocycles. The molecule has 0 N–H and O–H groups in total. The highest BCUT2D eigenvalue weighted by atomic mass is 16.4. The summed E-state index contributed by atoms with van der Waals surface area (Å²) in [6.07, 6.45) is 0. The van der Waals surface area contributed by atoms with E-state index in [-0.39, 0.29) is 5.43 Å². The summed E-state index contributed by atoms with van der Waals surface area (Å²) in [5.74, 6) is 0.572. The molecule has 0 radical (unpaired) electrons. The molecule has 3 nitrogen and oxygen atoms in total. The number of rotatable bonds is 1. The van der Waals surface area contributed by atoms with Crippen LogP contribution in [0.1, 0.15) is 0 Å². The first kappa shape index (κ1) is 10.8. The van der Waals surface area contributed by atoms with Crippen LogP contribution in [-0.4, -0.2) is 14.1 Å². The zero-order valence-electron chi connectivity index (χ0n) is 10.3. The Labute approximate surface area is 104 Å². The number of anilines is 1. The van der Waals surface area contributed by atoms with Gasteiger partial charge in [-0.2, -0.15) is 0 Å². The molecule has 0 aliphatic carbocycles. The average Bonchev–Trinajstić information content (AvgIpc) is 2.37. The molecule has 3 aromatic rings. The molecule has 1 aromatic heterocycles. The Bertz CT molecular complexity index is 787. The van der Waals surface area contributed by atoms with Gasteiger partial charge in [-0.3, -0.25) is 4.79 Å². The molecule has 0 unspecified atom stereocenters. The van der Waals surface area contributed by atoms with Crippen molar-refractivity contribution in [2.45, 2.75) is 0 Å². The van der Waals surface area contributed by atoms with Crippen LogP contribution in [0.3, 0.4) is 0 Å².